The summed E-state index contributed by atoms with van der Waals surface area (Å²) < 4.78 is 24.4. The second-order valence-electron chi connectivity index (χ2n) is 4.22. The molecule has 0 bridgehead atoms. The minimum Gasteiger partial charge on any atom is -0.481 e. The van der Waals surface area contributed by atoms with Crippen LogP contribution in [-0.2, 0) is 14.8 Å². The Balaban J connectivity index is 3.11. The van der Waals surface area contributed by atoms with Crippen molar-refractivity contribution < 1.29 is 18.3 Å². The fourth-order valence-corrected chi connectivity index (χ4v) is 2.32. The number of carbonyl (C=O) groups is 1. The van der Waals surface area contributed by atoms with Crippen LogP contribution in [-0.4, -0.2) is 37.3 Å². The van der Waals surface area contributed by atoms with Crippen molar-refractivity contribution in [3.63, 3.8) is 0 Å². The maximum Gasteiger partial charge on any atom is 0.308 e. The van der Waals surface area contributed by atoms with E-state index in [1.807, 2.05) is 6.92 Å². The minimum absolute atomic E-state index is 0.134. The zero-order chi connectivity index (χ0) is 13.9. The van der Waals surface area contributed by atoms with E-state index in [9.17, 15) is 13.2 Å². The third-order valence-corrected chi connectivity index (χ3v) is 3.55. The van der Waals surface area contributed by atoms with Gasteiger partial charge >= 0.3 is 5.97 Å². The average molecular weight is 272 g/mol. The van der Waals surface area contributed by atoms with Crippen LogP contribution in [0.1, 0.15) is 12.5 Å². The summed E-state index contributed by atoms with van der Waals surface area (Å²) in [4.78, 5) is 14.8. The quantitative estimate of drug-likeness (QED) is 0.859. The highest BCUT2D eigenvalue weighted by Gasteiger charge is 2.24. The van der Waals surface area contributed by atoms with Gasteiger partial charge in [-0.05, 0) is 24.6 Å². The molecule has 0 aliphatic heterocycles. The van der Waals surface area contributed by atoms with Gasteiger partial charge in [-0.15, -0.1) is 0 Å². The first-order valence-electron chi connectivity index (χ1n) is 5.35. The molecule has 1 heterocycles. The second kappa shape index (κ2) is 5.34. The molecule has 1 aromatic heterocycles. The maximum atomic E-state index is 11.7. The van der Waals surface area contributed by atoms with Gasteiger partial charge in [0.2, 0.25) is 10.0 Å². The number of anilines is 1. The molecule has 0 aromatic carbocycles. The Labute approximate surface area is 106 Å². The lowest BCUT2D eigenvalue weighted by atomic mass is 10.2. The summed E-state index contributed by atoms with van der Waals surface area (Å²) in [6.07, 6.45) is 2.53. The van der Waals surface area contributed by atoms with E-state index in [1.165, 1.54) is 13.1 Å². The van der Waals surface area contributed by atoms with Gasteiger partial charge in [-0.25, -0.2) is 13.4 Å². The Hall–Kier alpha value is -1.63. The van der Waals surface area contributed by atoms with E-state index in [0.717, 1.165) is 16.1 Å². The van der Waals surface area contributed by atoms with Gasteiger partial charge in [-0.3, -0.25) is 9.10 Å². The summed E-state index contributed by atoms with van der Waals surface area (Å²) in [5.74, 6) is -1.61. The molecule has 1 rings (SSSR count). The first-order valence-corrected chi connectivity index (χ1v) is 7.20. The van der Waals surface area contributed by atoms with Crippen LogP contribution >= 0.6 is 0 Å². The molecule has 0 spiro atoms. The molecule has 0 saturated heterocycles. The third kappa shape index (κ3) is 3.69. The lowest BCUT2D eigenvalue weighted by Crippen LogP contribution is -2.36. The van der Waals surface area contributed by atoms with E-state index in [4.69, 9.17) is 5.11 Å². The van der Waals surface area contributed by atoms with E-state index in [1.54, 1.807) is 12.1 Å². The van der Waals surface area contributed by atoms with Crippen molar-refractivity contribution in [2.75, 3.05) is 17.1 Å². The molecular formula is C11H16N2O4S. The van der Waals surface area contributed by atoms with Crippen LogP contribution in [0, 0.1) is 12.8 Å². The summed E-state index contributed by atoms with van der Waals surface area (Å²) in [5.41, 5.74) is 0.858. The number of hydrogen-bond donors (Lipinski definition) is 1. The van der Waals surface area contributed by atoms with E-state index in [0.29, 0.717) is 0 Å². The van der Waals surface area contributed by atoms with E-state index in [-0.39, 0.29) is 12.4 Å². The molecule has 1 N–H and O–H groups in total. The van der Waals surface area contributed by atoms with Crippen molar-refractivity contribution in [1.82, 2.24) is 4.98 Å². The molecule has 1 atom stereocenters. The molecule has 0 fully saturated rings. The van der Waals surface area contributed by atoms with Crippen LogP contribution in [0.25, 0.3) is 0 Å². The molecule has 0 aliphatic carbocycles. The van der Waals surface area contributed by atoms with Crippen LogP contribution in [0.15, 0.2) is 18.3 Å². The maximum absolute atomic E-state index is 11.7. The molecular weight excluding hydrogens is 256 g/mol. The first kappa shape index (κ1) is 14.4. The predicted molar refractivity (Wildman–Crippen MR) is 68.0 cm³/mol. The number of carboxylic acids is 1. The lowest BCUT2D eigenvalue weighted by Gasteiger charge is -2.23. The average Bonchev–Trinajstić information content (AvgIpc) is 2.23. The smallest absolute Gasteiger partial charge is 0.308 e. The molecule has 0 saturated carbocycles. The molecule has 100 valence electrons. The number of aromatic nitrogens is 1. The first-order chi connectivity index (χ1) is 8.21. The summed E-state index contributed by atoms with van der Waals surface area (Å²) in [5, 5.41) is 8.86. The molecule has 0 amide bonds. The van der Waals surface area contributed by atoms with Crippen LogP contribution in [0.2, 0.25) is 0 Å². The Morgan fingerprint density at radius 1 is 1.56 bits per heavy atom. The number of nitrogens with zero attached hydrogens (tertiary/aromatic N) is 2. The predicted octanol–water partition coefficient (Wildman–Crippen LogP) is 0.877. The van der Waals surface area contributed by atoms with Gasteiger partial charge in [0.15, 0.2) is 0 Å². The van der Waals surface area contributed by atoms with Crippen molar-refractivity contribution in [3.8, 4) is 0 Å². The van der Waals surface area contributed by atoms with Crippen molar-refractivity contribution in [1.29, 1.82) is 0 Å². The largest absolute Gasteiger partial charge is 0.481 e. The highest BCUT2D eigenvalue weighted by molar-refractivity contribution is 7.92. The van der Waals surface area contributed by atoms with Crippen molar-refractivity contribution >= 4 is 21.8 Å². The van der Waals surface area contributed by atoms with Crippen molar-refractivity contribution in [2.45, 2.75) is 13.8 Å². The Kier molecular flexibility index (Phi) is 4.28. The summed E-state index contributed by atoms with van der Waals surface area (Å²) in [6, 6.07) is 3.35. The Bertz CT molecular complexity index is 542. The summed E-state index contributed by atoms with van der Waals surface area (Å²) in [7, 11) is -3.56. The Morgan fingerprint density at radius 2 is 2.17 bits per heavy atom. The molecule has 7 heteroatoms. The van der Waals surface area contributed by atoms with Gasteiger partial charge in [0.25, 0.3) is 0 Å². The van der Waals surface area contributed by atoms with Gasteiger partial charge in [0.05, 0.1) is 12.2 Å². The molecule has 0 aliphatic rings. The number of aryl methyl sites for hydroxylation is 1. The monoisotopic (exact) mass is 272 g/mol. The lowest BCUT2D eigenvalue weighted by molar-refractivity contribution is -0.140. The highest BCUT2D eigenvalue weighted by atomic mass is 32.2. The Morgan fingerprint density at radius 3 is 2.61 bits per heavy atom. The van der Waals surface area contributed by atoms with Crippen LogP contribution in [0.4, 0.5) is 5.82 Å². The van der Waals surface area contributed by atoms with E-state index in [2.05, 4.69) is 4.98 Å². The van der Waals surface area contributed by atoms with Crippen molar-refractivity contribution in [3.05, 3.63) is 23.9 Å². The van der Waals surface area contributed by atoms with Crippen LogP contribution in [0.3, 0.4) is 0 Å². The number of carboxylic acid groups (broad SMARTS) is 1. The zero-order valence-electron chi connectivity index (χ0n) is 10.5. The molecule has 0 radical (unpaired) electrons. The van der Waals surface area contributed by atoms with Gasteiger partial charge in [0, 0.05) is 12.7 Å². The SMILES string of the molecule is Cc1ccnc(N(CC(C)C(=O)O)S(C)(=O)=O)c1. The fraction of sp³-hybridized carbons (Fsp3) is 0.455. The summed E-state index contributed by atoms with van der Waals surface area (Å²) in [6.45, 7) is 3.13. The van der Waals surface area contributed by atoms with E-state index < -0.39 is 21.9 Å². The van der Waals surface area contributed by atoms with Crippen LogP contribution in [0.5, 0.6) is 0 Å². The van der Waals surface area contributed by atoms with Crippen LogP contribution < -0.4 is 4.31 Å². The van der Waals surface area contributed by atoms with Gasteiger partial charge in [-0.2, -0.15) is 0 Å². The normalized spacial score (nSPS) is 13.1. The molecule has 1 aromatic rings. The standard InChI is InChI=1S/C11H16N2O4S/c1-8-4-5-12-10(6-8)13(18(3,16)17)7-9(2)11(14)15/h4-6,9H,7H2,1-3H3,(H,14,15). The van der Waals surface area contributed by atoms with Gasteiger partial charge < -0.3 is 5.11 Å². The number of hydrogen-bond acceptors (Lipinski definition) is 4. The molecule has 18 heavy (non-hydrogen) atoms. The van der Waals surface area contributed by atoms with Gasteiger partial charge in [0.1, 0.15) is 5.82 Å². The number of aliphatic carboxylic acids is 1. The number of sulfonamides is 1. The van der Waals surface area contributed by atoms with Crippen molar-refractivity contribution in [2.24, 2.45) is 5.92 Å². The minimum atomic E-state index is -3.56. The van der Waals surface area contributed by atoms with E-state index >= 15 is 0 Å². The summed E-state index contributed by atoms with van der Waals surface area (Å²) >= 11 is 0. The topological polar surface area (TPSA) is 87.6 Å². The fourth-order valence-electron chi connectivity index (χ4n) is 1.38. The highest BCUT2D eigenvalue weighted by Crippen LogP contribution is 2.17. The zero-order valence-corrected chi connectivity index (χ0v) is 11.3. The number of rotatable bonds is 5. The molecule has 6 nitrogen and oxygen atoms in total. The second-order valence-corrected chi connectivity index (χ2v) is 6.13. The third-order valence-electron chi connectivity index (χ3n) is 2.42. The number of pyridine rings is 1. The van der Waals surface area contributed by atoms with Gasteiger partial charge in [-0.1, -0.05) is 6.92 Å². The molecule has 1 unspecified atom stereocenters.